The molecule has 6 heteroatoms. The number of ether oxygens (including phenoxy) is 3. The van der Waals surface area contributed by atoms with Gasteiger partial charge in [-0.05, 0) is 25.2 Å². The number of esters is 3. The van der Waals surface area contributed by atoms with Crippen LogP contribution in [0.5, 0.6) is 0 Å². The molecule has 0 aromatic heterocycles. The van der Waals surface area contributed by atoms with Gasteiger partial charge in [-0.25, -0.2) is 0 Å². The second kappa shape index (κ2) is 28.9. The average molecular weight is 569 g/mol. The molecule has 0 aliphatic heterocycles. The van der Waals surface area contributed by atoms with E-state index >= 15 is 0 Å². The number of hydrogen-bond donors (Lipinski definition) is 0. The largest absolute Gasteiger partial charge is 0.462 e. The molecule has 0 amide bonds. The van der Waals surface area contributed by atoms with E-state index in [9.17, 15) is 14.4 Å². The molecule has 236 valence electrons. The van der Waals surface area contributed by atoms with Gasteiger partial charge in [0.15, 0.2) is 6.10 Å². The van der Waals surface area contributed by atoms with Crippen molar-refractivity contribution in [2.75, 3.05) is 13.2 Å². The maximum atomic E-state index is 12.3. The minimum atomic E-state index is -0.753. The van der Waals surface area contributed by atoms with E-state index in [1.54, 1.807) is 0 Å². The molecular formula is C34H64O6. The Morgan fingerprint density at radius 3 is 1.30 bits per heavy atom. The lowest BCUT2D eigenvalue weighted by Crippen LogP contribution is -2.30. The van der Waals surface area contributed by atoms with Gasteiger partial charge in [0.25, 0.3) is 0 Å². The zero-order chi connectivity index (χ0) is 29.7. The van der Waals surface area contributed by atoms with Crippen LogP contribution in [0.3, 0.4) is 0 Å². The normalized spacial score (nSPS) is 12.6. The Bertz CT molecular complexity index is 605. The van der Waals surface area contributed by atoms with Crippen molar-refractivity contribution in [1.29, 1.82) is 0 Å². The van der Waals surface area contributed by atoms with Crippen molar-refractivity contribution in [1.82, 2.24) is 0 Å². The van der Waals surface area contributed by atoms with E-state index in [2.05, 4.69) is 27.7 Å². The molecule has 0 heterocycles. The lowest BCUT2D eigenvalue weighted by molar-refractivity contribution is -0.167. The highest BCUT2D eigenvalue weighted by molar-refractivity contribution is 5.71. The summed E-state index contributed by atoms with van der Waals surface area (Å²) >= 11 is 0. The lowest BCUT2D eigenvalue weighted by Gasteiger charge is -2.18. The second-order valence-electron chi connectivity index (χ2n) is 11.7. The summed E-state index contributed by atoms with van der Waals surface area (Å²) in [7, 11) is 0. The van der Waals surface area contributed by atoms with Crippen LogP contribution in [-0.4, -0.2) is 37.2 Å². The molecule has 0 spiro atoms. The Balaban J connectivity index is 4.23. The molecule has 0 aromatic carbocycles. The quantitative estimate of drug-likeness (QED) is 0.0508. The molecule has 40 heavy (non-hydrogen) atoms. The van der Waals surface area contributed by atoms with Crippen molar-refractivity contribution < 1.29 is 28.6 Å². The van der Waals surface area contributed by atoms with Crippen LogP contribution in [-0.2, 0) is 28.6 Å². The Morgan fingerprint density at radius 2 is 0.875 bits per heavy atom. The van der Waals surface area contributed by atoms with Gasteiger partial charge in [0.1, 0.15) is 13.2 Å². The molecule has 0 radical (unpaired) electrons. The summed E-state index contributed by atoms with van der Waals surface area (Å²) in [6, 6.07) is 0. The highest BCUT2D eigenvalue weighted by atomic mass is 16.6. The fourth-order valence-corrected chi connectivity index (χ4v) is 4.65. The van der Waals surface area contributed by atoms with Gasteiger partial charge in [0.05, 0.1) is 0 Å². The number of carbonyl (C=O) groups excluding carboxylic acids is 3. The van der Waals surface area contributed by atoms with Gasteiger partial charge in [-0.15, -0.1) is 0 Å². The smallest absolute Gasteiger partial charge is 0.306 e. The molecule has 0 aliphatic rings. The van der Waals surface area contributed by atoms with Gasteiger partial charge in [-0.1, -0.05) is 137 Å². The summed E-state index contributed by atoms with van der Waals surface area (Å²) in [6.07, 6.45) is 22.8. The predicted octanol–water partition coefficient (Wildman–Crippen LogP) is 9.65. The van der Waals surface area contributed by atoms with Crippen LogP contribution in [0.1, 0.15) is 175 Å². The van der Waals surface area contributed by atoms with Crippen LogP contribution in [0.15, 0.2) is 0 Å². The molecule has 0 fully saturated rings. The summed E-state index contributed by atoms with van der Waals surface area (Å²) in [6.45, 7) is 8.77. The molecule has 1 unspecified atom stereocenters. The van der Waals surface area contributed by atoms with Crippen LogP contribution in [0.4, 0.5) is 0 Å². The van der Waals surface area contributed by atoms with Crippen molar-refractivity contribution in [2.45, 2.75) is 181 Å². The SMILES string of the molecule is CCCCCCCC(=O)OC[C@@H](COC(=O)CCCCCCCCCCC(C)CC)OC(=O)CCCCCCC. The topological polar surface area (TPSA) is 78.9 Å². The molecule has 0 saturated heterocycles. The van der Waals surface area contributed by atoms with E-state index in [0.717, 1.165) is 76.5 Å². The van der Waals surface area contributed by atoms with E-state index in [-0.39, 0.29) is 31.1 Å². The minimum absolute atomic E-state index is 0.0686. The molecule has 0 rings (SSSR count). The van der Waals surface area contributed by atoms with Gasteiger partial charge in [0.2, 0.25) is 0 Å². The van der Waals surface area contributed by atoms with Crippen molar-refractivity contribution in [3.8, 4) is 0 Å². The molecule has 0 saturated carbocycles. The summed E-state index contributed by atoms with van der Waals surface area (Å²) in [4.78, 5) is 36.8. The summed E-state index contributed by atoms with van der Waals surface area (Å²) in [5.41, 5.74) is 0. The maximum absolute atomic E-state index is 12.3. The first kappa shape index (κ1) is 38.4. The summed E-state index contributed by atoms with van der Waals surface area (Å²) < 4.78 is 16.3. The molecule has 0 aliphatic carbocycles. The highest BCUT2D eigenvalue weighted by Crippen LogP contribution is 2.15. The number of unbranched alkanes of at least 4 members (excludes halogenated alkanes) is 15. The fourth-order valence-electron chi connectivity index (χ4n) is 4.65. The molecular weight excluding hydrogens is 504 g/mol. The van der Waals surface area contributed by atoms with E-state index in [1.807, 2.05) is 0 Å². The average Bonchev–Trinajstić information content (AvgIpc) is 2.94. The molecule has 2 atom stereocenters. The molecule has 0 aromatic rings. The van der Waals surface area contributed by atoms with E-state index < -0.39 is 6.10 Å². The fraction of sp³-hybridized carbons (Fsp3) is 0.912. The van der Waals surface area contributed by atoms with Gasteiger partial charge in [0, 0.05) is 19.3 Å². The van der Waals surface area contributed by atoms with Gasteiger partial charge in [-0.3, -0.25) is 14.4 Å². The molecule has 0 bridgehead atoms. The first-order chi connectivity index (χ1) is 19.4. The summed E-state index contributed by atoms with van der Waals surface area (Å²) in [5.74, 6) is -0.0533. The molecule has 0 N–H and O–H groups in total. The maximum Gasteiger partial charge on any atom is 0.306 e. The van der Waals surface area contributed by atoms with Gasteiger partial charge < -0.3 is 14.2 Å². The number of carbonyl (C=O) groups is 3. The Hall–Kier alpha value is -1.59. The Kier molecular flexibility index (Phi) is 27.8. The third-order valence-corrected chi connectivity index (χ3v) is 7.65. The van der Waals surface area contributed by atoms with Crippen LogP contribution in [0, 0.1) is 5.92 Å². The summed E-state index contributed by atoms with van der Waals surface area (Å²) in [5, 5.41) is 0. The highest BCUT2D eigenvalue weighted by Gasteiger charge is 2.19. The van der Waals surface area contributed by atoms with Crippen LogP contribution >= 0.6 is 0 Å². The third-order valence-electron chi connectivity index (χ3n) is 7.65. The lowest BCUT2D eigenvalue weighted by atomic mass is 9.99. The zero-order valence-electron chi connectivity index (χ0n) is 26.8. The minimum Gasteiger partial charge on any atom is -0.462 e. The Labute approximate surface area is 247 Å². The van der Waals surface area contributed by atoms with Crippen molar-refractivity contribution >= 4 is 17.9 Å². The van der Waals surface area contributed by atoms with Crippen LogP contribution in [0.2, 0.25) is 0 Å². The predicted molar refractivity (Wildman–Crippen MR) is 164 cm³/mol. The second-order valence-corrected chi connectivity index (χ2v) is 11.7. The third kappa shape index (κ3) is 26.6. The van der Waals surface area contributed by atoms with Crippen molar-refractivity contribution in [2.24, 2.45) is 5.92 Å². The monoisotopic (exact) mass is 568 g/mol. The number of hydrogen-bond acceptors (Lipinski definition) is 6. The molecule has 6 nitrogen and oxygen atoms in total. The van der Waals surface area contributed by atoms with Crippen molar-refractivity contribution in [3.63, 3.8) is 0 Å². The zero-order valence-corrected chi connectivity index (χ0v) is 26.8. The van der Waals surface area contributed by atoms with Crippen LogP contribution < -0.4 is 0 Å². The number of rotatable bonds is 29. The standard InChI is InChI=1S/C34H64O6/c1-5-8-10-16-21-25-32(35)38-28-31(40-34(37)27-23-17-11-9-6-2)29-39-33(36)26-22-19-15-13-12-14-18-20-24-30(4)7-3/h30-31H,5-29H2,1-4H3/t30?,31-/m0/s1. The van der Waals surface area contributed by atoms with E-state index in [1.165, 1.54) is 57.8 Å². The Morgan fingerprint density at radius 1 is 0.500 bits per heavy atom. The van der Waals surface area contributed by atoms with Gasteiger partial charge >= 0.3 is 17.9 Å². The first-order valence-electron chi connectivity index (χ1n) is 16.9. The van der Waals surface area contributed by atoms with E-state index in [0.29, 0.717) is 19.3 Å². The van der Waals surface area contributed by atoms with Gasteiger partial charge in [-0.2, -0.15) is 0 Å². The van der Waals surface area contributed by atoms with Crippen LogP contribution in [0.25, 0.3) is 0 Å². The van der Waals surface area contributed by atoms with E-state index in [4.69, 9.17) is 14.2 Å². The first-order valence-corrected chi connectivity index (χ1v) is 16.9. The van der Waals surface area contributed by atoms with Crippen molar-refractivity contribution in [3.05, 3.63) is 0 Å².